The van der Waals surface area contributed by atoms with Crippen LogP contribution in [0.2, 0.25) is 0 Å². The van der Waals surface area contributed by atoms with Crippen LogP contribution in [0.3, 0.4) is 0 Å². The smallest absolute Gasteiger partial charge is 0.265 e. The van der Waals surface area contributed by atoms with Gasteiger partial charge in [0.25, 0.3) is 5.56 Å². The third kappa shape index (κ3) is 3.08. The van der Waals surface area contributed by atoms with E-state index >= 15 is 0 Å². The Morgan fingerprint density at radius 3 is 3.00 bits per heavy atom. The maximum Gasteiger partial charge on any atom is 0.265 e. The number of aliphatic hydroxyl groups is 1. The van der Waals surface area contributed by atoms with Gasteiger partial charge in [0, 0.05) is 6.61 Å². The summed E-state index contributed by atoms with van der Waals surface area (Å²) in [7, 11) is 0. The molecule has 0 unspecified atom stereocenters. The van der Waals surface area contributed by atoms with Crippen molar-refractivity contribution in [3.63, 3.8) is 0 Å². The van der Waals surface area contributed by atoms with Gasteiger partial charge in [-0.25, -0.2) is 0 Å². The summed E-state index contributed by atoms with van der Waals surface area (Å²) in [6, 6.07) is 5.48. The summed E-state index contributed by atoms with van der Waals surface area (Å²) >= 11 is 1.32. The lowest BCUT2D eigenvalue weighted by atomic mass is 10.2. The van der Waals surface area contributed by atoms with Crippen LogP contribution in [-0.2, 0) is 0 Å². The fraction of sp³-hybridized carbons (Fsp3) is 0.417. The Labute approximate surface area is 103 Å². The standard InChI is InChI=1S/C12H15NO3S/c14-6-2-1-3-7-16-9-4-5-10-11(8-9)17-13-12(10)15/h4-5,8,14H,1-3,6-7H2,(H,13,15). The molecule has 2 N–H and O–H groups in total. The number of fused-ring (bicyclic) bond motifs is 1. The summed E-state index contributed by atoms with van der Waals surface area (Å²) in [6.07, 6.45) is 2.72. The molecule has 0 aliphatic carbocycles. The van der Waals surface area contributed by atoms with Gasteiger partial charge in [-0.15, -0.1) is 0 Å². The van der Waals surface area contributed by atoms with Crippen LogP contribution in [0.25, 0.3) is 10.1 Å². The first-order chi connectivity index (χ1) is 8.31. The van der Waals surface area contributed by atoms with Crippen molar-refractivity contribution < 1.29 is 9.84 Å². The number of hydrogen-bond acceptors (Lipinski definition) is 4. The second kappa shape index (κ2) is 5.84. The van der Waals surface area contributed by atoms with Crippen LogP contribution in [0.1, 0.15) is 19.3 Å². The van der Waals surface area contributed by atoms with Crippen molar-refractivity contribution in [1.29, 1.82) is 0 Å². The quantitative estimate of drug-likeness (QED) is 0.775. The minimum absolute atomic E-state index is 0.0421. The van der Waals surface area contributed by atoms with Gasteiger partial charge in [0.2, 0.25) is 0 Å². The molecule has 17 heavy (non-hydrogen) atoms. The van der Waals surface area contributed by atoms with E-state index in [9.17, 15) is 4.79 Å². The molecule has 0 saturated carbocycles. The highest BCUT2D eigenvalue weighted by atomic mass is 32.1. The van der Waals surface area contributed by atoms with Crippen molar-refractivity contribution in [1.82, 2.24) is 4.37 Å². The van der Waals surface area contributed by atoms with Gasteiger partial charge >= 0.3 is 0 Å². The van der Waals surface area contributed by atoms with Crippen molar-refractivity contribution in [3.8, 4) is 5.75 Å². The summed E-state index contributed by atoms with van der Waals surface area (Å²) in [6.45, 7) is 0.883. The SMILES string of the molecule is O=c1[nH]sc2cc(OCCCCCO)ccc12. The Hall–Kier alpha value is -1.33. The summed E-state index contributed by atoms with van der Waals surface area (Å²) in [4.78, 5) is 11.3. The Morgan fingerprint density at radius 1 is 1.29 bits per heavy atom. The van der Waals surface area contributed by atoms with E-state index in [1.807, 2.05) is 12.1 Å². The molecule has 1 aromatic carbocycles. The molecule has 92 valence electrons. The number of benzene rings is 1. The number of unbranched alkanes of at least 4 members (excludes halogenated alkanes) is 2. The molecule has 1 aromatic heterocycles. The van der Waals surface area contributed by atoms with Crippen LogP contribution in [0, 0.1) is 0 Å². The molecule has 0 aliphatic rings. The Bertz CT molecular complexity index is 532. The van der Waals surface area contributed by atoms with E-state index in [1.54, 1.807) is 6.07 Å². The van der Waals surface area contributed by atoms with Crippen molar-refractivity contribution in [3.05, 3.63) is 28.6 Å². The molecule has 0 amide bonds. The van der Waals surface area contributed by atoms with Gasteiger partial charge in [-0.2, -0.15) is 0 Å². The van der Waals surface area contributed by atoms with Crippen LogP contribution < -0.4 is 10.3 Å². The molecule has 0 saturated heterocycles. The van der Waals surface area contributed by atoms with Gasteiger partial charge < -0.3 is 9.84 Å². The van der Waals surface area contributed by atoms with Crippen molar-refractivity contribution in [2.24, 2.45) is 0 Å². The summed E-state index contributed by atoms with van der Waals surface area (Å²) in [5, 5.41) is 9.34. The molecule has 0 aliphatic heterocycles. The van der Waals surface area contributed by atoms with E-state index < -0.39 is 0 Å². The van der Waals surface area contributed by atoms with Crippen LogP contribution in [-0.4, -0.2) is 22.7 Å². The third-order valence-electron chi connectivity index (χ3n) is 2.52. The fourth-order valence-corrected chi connectivity index (χ4v) is 2.36. The molecule has 5 heteroatoms. The minimum Gasteiger partial charge on any atom is -0.494 e. The summed E-state index contributed by atoms with van der Waals surface area (Å²) in [5.74, 6) is 0.789. The maximum atomic E-state index is 11.3. The molecule has 2 aromatic rings. The highest BCUT2D eigenvalue weighted by Crippen LogP contribution is 2.21. The highest BCUT2D eigenvalue weighted by Gasteiger charge is 2.02. The number of nitrogens with one attached hydrogen (secondary N) is 1. The summed E-state index contributed by atoms with van der Waals surface area (Å²) < 4.78 is 9.19. The molecular weight excluding hydrogens is 238 g/mol. The van der Waals surface area contributed by atoms with Crippen molar-refractivity contribution in [2.75, 3.05) is 13.2 Å². The Morgan fingerprint density at radius 2 is 2.18 bits per heavy atom. The number of hydrogen-bond donors (Lipinski definition) is 2. The van der Waals surface area contributed by atoms with E-state index in [4.69, 9.17) is 9.84 Å². The molecule has 0 atom stereocenters. The lowest BCUT2D eigenvalue weighted by Crippen LogP contribution is -1.99. The van der Waals surface area contributed by atoms with E-state index in [1.165, 1.54) is 11.5 Å². The largest absolute Gasteiger partial charge is 0.494 e. The zero-order valence-corrected chi connectivity index (χ0v) is 10.3. The number of H-pyrrole nitrogens is 1. The predicted octanol–water partition coefficient (Wildman–Crippen LogP) is 2.13. The normalized spacial score (nSPS) is 10.9. The number of aromatic amines is 1. The number of aromatic nitrogens is 1. The van der Waals surface area contributed by atoms with E-state index in [-0.39, 0.29) is 12.2 Å². The average molecular weight is 253 g/mol. The van der Waals surface area contributed by atoms with Gasteiger partial charge in [-0.05, 0) is 37.5 Å². The second-order valence-corrected chi connectivity index (χ2v) is 4.67. The van der Waals surface area contributed by atoms with Crippen LogP contribution in [0.4, 0.5) is 0 Å². The van der Waals surface area contributed by atoms with Crippen LogP contribution >= 0.6 is 11.5 Å². The number of aliphatic hydroxyl groups excluding tert-OH is 1. The second-order valence-electron chi connectivity index (χ2n) is 3.82. The molecule has 2 rings (SSSR count). The van der Waals surface area contributed by atoms with Crippen LogP contribution in [0.5, 0.6) is 5.75 Å². The minimum atomic E-state index is -0.0421. The van der Waals surface area contributed by atoms with Gasteiger partial charge in [0.1, 0.15) is 5.75 Å². The molecule has 1 heterocycles. The van der Waals surface area contributed by atoms with Gasteiger partial charge in [-0.1, -0.05) is 11.5 Å². The number of ether oxygens (including phenoxy) is 1. The van der Waals surface area contributed by atoms with E-state index in [2.05, 4.69) is 4.37 Å². The first-order valence-electron chi connectivity index (χ1n) is 5.66. The van der Waals surface area contributed by atoms with Crippen LogP contribution in [0.15, 0.2) is 23.0 Å². The van der Waals surface area contributed by atoms with Gasteiger partial charge in [0.15, 0.2) is 0 Å². The highest BCUT2D eigenvalue weighted by molar-refractivity contribution is 7.13. The van der Waals surface area contributed by atoms with E-state index in [0.717, 1.165) is 29.7 Å². The van der Waals surface area contributed by atoms with E-state index in [0.29, 0.717) is 12.0 Å². The third-order valence-corrected chi connectivity index (χ3v) is 3.37. The Kier molecular flexibility index (Phi) is 4.17. The Balaban J connectivity index is 1.93. The van der Waals surface area contributed by atoms with Gasteiger partial charge in [0.05, 0.1) is 16.7 Å². The monoisotopic (exact) mass is 253 g/mol. The lowest BCUT2D eigenvalue weighted by Gasteiger charge is -2.05. The van der Waals surface area contributed by atoms with Crippen molar-refractivity contribution >= 4 is 21.6 Å². The molecular formula is C12H15NO3S. The number of rotatable bonds is 6. The molecule has 0 spiro atoms. The fourth-order valence-electron chi connectivity index (χ4n) is 1.60. The summed E-state index contributed by atoms with van der Waals surface area (Å²) in [5.41, 5.74) is -0.0421. The zero-order chi connectivity index (χ0) is 12.1. The molecule has 0 bridgehead atoms. The molecule has 0 radical (unpaired) electrons. The maximum absolute atomic E-state index is 11.3. The molecule has 0 fully saturated rings. The first kappa shape index (κ1) is 12.1. The zero-order valence-electron chi connectivity index (χ0n) is 9.44. The first-order valence-corrected chi connectivity index (χ1v) is 6.48. The lowest BCUT2D eigenvalue weighted by molar-refractivity contribution is 0.266. The predicted molar refractivity (Wildman–Crippen MR) is 68.9 cm³/mol. The molecule has 4 nitrogen and oxygen atoms in total. The van der Waals surface area contributed by atoms with Gasteiger partial charge in [-0.3, -0.25) is 9.17 Å². The van der Waals surface area contributed by atoms with Crippen molar-refractivity contribution in [2.45, 2.75) is 19.3 Å². The average Bonchev–Trinajstić information content (AvgIpc) is 2.71. The topological polar surface area (TPSA) is 62.3 Å².